The van der Waals surface area contributed by atoms with Gasteiger partial charge in [-0.2, -0.15) is 0 Å². The Hall–Kier alpha value is -1.15. The highest BCUT2D eigenvalue weighted by molar-refractivity contribution is 7.89. The molecule has 8 heteroatoms. The van der Waals surface area contributed by atoms with Gasteiger partial charge in [0.15, 0.2) is 0 Å². The minimum atomic E-state index is -3.50. The molecule has 0 saturated carbocycles. The maximum Gasteiger partial charge on any atom is 0.242 e. The highest BCUT2D eigenvalue weighted by atomic mass is 35.5. The van der Waals surface area contributed by atoms with Crippen LogP contribution in [0.3, 0.4) is 0 Å². The average molecular weight is 322 g/mol. The van der Waals surface area contributed by atoms with Crippen molar-refractivity contribution in [1.82, 2.24) is 14.9 Å². The number of rotatable bonds is 6. The highest BCUT2D eigenvalue weighted by Gasteiger charge is 2.20. The van der Waals surface area contributed by atoms with E-state index >= 15 is 0 Å². The van der Waals surface area contributed by atoms with Crippen molar-refractivity contribution >= 4 is 28.3 Å². The van der Waals surface area contributed by atoms with Gasteiger partial charge in [-0.1, -0.05) is 18.2 Å². The lowest BCUT2D eigenvalue weighted by Crippen LogP contribution is -2.32. The summed E-state index contributed by atoms with van der Waals surface area (Å²) in [6.45, 7) is 0.381. The van der Waals surface area contributed by atoms with Gasteiger partial charge in [-0.15, -0.1) is 12.4 Å². The minimum Gasteiger partial charge on any atom is -0.351 e. The Morgan fingerprint density at radius 1 is 1.25 bits per heavy atom. The molecular formula is C12H20ClN3O3S. The Bertz CT molecular complexity index is 547. The first-order valence-corrected chi connectivity index (χ1v) is 7.25. The standard InChI is InChI=1S/C12H19N3O3S.ClH/c1-13-9-12(16)14-8-10-6-4-5-7-11(10)19(17,18)15(2)3;/h4-7,13H,8-9H2,1-3H3,(H,14,16);1H. The third kappa shape index (κ3) is 4.75. The Labute approximate surface area is 126 Å². The molecule has 0 aliphatic carbocycles. The molecule has 0 spiro atoms. The van der Waals surface area contributed by atoms with Gasteiger partial charge < -0.3 is 10.6 Å². The van der Waals surface area contributed by atoms with E-state index in [9.17, 15) is 13.2 Å². The van der Waals surface area contributed by atoms with Crippen LogP contribution in [0.15, 0.2) is 29.2 Å². The van der Waals surface area contributed by atoms with Crippen molar-refractivity contribution in [2.75, 3.05) is 27.7 Å². The van der Waals surface area contributed by atoms with Gasteiger partial charge in [0, 0.05) is 20.6 Å². The van der Waals surface area contributed by atoms with Gasteiger partial charge in [-0.05, 0) is 18.7 Å². The molecule has 0 unspecified atom stereocenters. The SMILES string of the molecule is CNCC(=O)NCc1ccccc1S(=O)(=O)N(C)C.Cl. The average Bonchev–Trinajstić information content (AvgIpc) is 2.37. The van der Waals surface area contributed by atoms with E-state index in [1.54, 1.807) is 25.2 Å². The molecule has 0 heterocycles. The third-order valence-corrected chi connectivity index (χ3v) is 4.46. The summed E-state index contributed by atoms with van der Waals surface area (Å²) in [6.07, 6.45) is 0. The van der Waals surface area contributed by atoms with Crippen molar-refractivity contribution in [1.29, 1.82) is 0 Å². The highest BCUT2D eigenvalue weighted by Crippen LogP contribution is 2.18. The zero-order valence-corrected chi connectivity index (χ0v) is 13.3. The smallest absolute Gasteiger partial charge is 0.242 e. The van der Waals surface area contributed by atoms with Crippen LogP contribution in [0.5, 0.6) is 0 Å². The summed E-state index contributed by atoms with van der Waals surface area (Å²) in [5.41, 5.74) is 0.570. The molecule has 1 aromatic rings. The number of likely N-dealkylation sites (N-methyl/N-ethyl adjacent to an activating group) is 1. The number of hydrogen-bond donors (Lipinski definition) is 2. The summed E-state index contributed by atoms with van der Waals surface area (Å²) in [5, 5.41) is 5.40. The van der Waals surface area contributed by atoms with Gasteiger partial charge in [0.25, 0.3) is 0 Å². The van der Waals surface area contributed by atoms with Gasteiger partial charge in [-0.3, -0.25) is 4.79 Å². The Kier molecular flexibility index (Phi) is 7.74. The summed E-state index contributed by atoms with van der Waals surface area (Å²) in [6, 6.07) is 6.63. The van der Waals surface area contributed by atoms with E-state index in [0.717, 1.165) is 4.31 Å². The van der Waals surface area contributed by atoms with Crippen LogP contribution in [-0.2, 0) is 21.4 Å². The summed E-state index contributed by atoms with van der Waals surface area (Å²) in [4.78, 5) is 11.6. The summed E-state index contributed by atoms with van der Waals surface area (Å²) >= 11 is 0. The fourth-order valence-electron chi connectivity index (χ4n) is 1.52. The zero-order valence-electron chi connectivity index (χ0n) is 11.7. The summed E-state index contributed by atoms with van der Waals surface area (Å²) in [7, 11) is 1.13. The number of amides is 1. The topological polar surface area (TPSA) is 78.5 Å². The minimum absolute atomic E-state index is 0. The van der Waals surface area contributed by atoms with Crippen molar-refractivity contribution in [3.63, 3.8) is 0 Å². The largest absolute Gasteiger partial charge is 0.351 e. The molecule has 1 amide bonds. The Balaban J connectivity index is 0.00000361. The van der Waals surface area contributed by atoms with Crippen LogP contribution in [0.25, 0.3) is 0 Å². The molecule has 114 valence electrons. The van der Waals surface area contributed by atoms with E-state index in [2.05, 4.69) is 10.6 Å². The monoisotopic (exact) mass is 321 g/mol. The van der Waals surface area contributed by atoms with Crippen LogP contribution in [0.2, 0.25) is 0 Å². The Morgan fingerprint density at radius 3 is 2.40 bits per heavy atom. The number of carbonyl (C=O) groups excluding carboxylic acids is 1. The second kappa shape index (κ2) is 8.21. The lowest BCUT2D eigenvalue weighted by molar-refractivity contribution is -0.120. The van der Waals surface area contributed by atoms with E-state index in [4.69, 9.17) is 0 Å². The molecule has 0 aliphatic heterocycles. The first kappa shape index (κ1) is 18.9. The van der Waals surface area contributed by atoms with Crippen molar-refractivity contribution in [2.24, 2.45) is 0 Å². The number of benzene rings is 1. The summed E-state index contributed by atoms with van der Waals surface area (Å²) < 4.78 is 25.4. The second-order valence-corrected chi connectivity index (χ2v) is 6.32. The van der Waals surface area contributed by atoms with Crippen LogP contribution in [0.1, 0.15) is 5.56 Å². The van der Waals surface area contributed by atoms with Gasteiger partial charge >= 0.3 is 0 Å². The van der Waals surface area contributed by atoms with Crippen molar-refractivity contribution < 1.29 is 13.2 Å². The van der Waals surface area contributed by atoms with Crippen LogP contribution in [0.4, 0.5) is 0 Å². The van der Waals surface area contributed by atoms with E-state index in [1.165, 1.54) is 20.2 Å². The molecule has 6 nitrogen and oxygen atoms in total. The first-order chi connectivity index (χ1) is 8.89. The number of sulfonamides is 1. The van der Waals surface area contributed by atoms with E-state index in [-0.39, 0.29) is 36.3 Å². The molecule has 0 radical (unpaired) electrons. The van der Waals surface area contributed by atoms with Crippen LogP contribution >= 0.6 is 12.4 Å². The van der Waals surface area contributed by atoms with E-state index in [1.807, 2.05) is 0 Å². The first-order valence-electron chi connectivity index (χ1n) is 5.81. The molecule has 2 N–H and O–H groups in total. The van der Waals surface area contributed by atoms with Gasteiger partial charge in [0.2, 0.25) is 15.9 Å². The van der Waals surface area contributed by atoms with Crippen molar-refractivity contribution in [3.8, 4) is 0 Å². The number of hydrogen-bond acceptors (Lipinski definition) is 4. The van der Waals surface area contributed by atoms with E-state index < -0.39 is 10.0 Å². The maximum absolute atomic E-state index is 12.1. The Morgan fingerprint density at radius 2 is 1.85 bits per heavy atom. The molecular weight excluding hydrogens is 302 g/mol. The molecule has 0 fully saturated rings. The molecule has 0 aromatic heterocycles. The predicted octanol–water partition coefficient (Wildman–Crippen LogP) is 0.194. The molecule has 0 saturated heterocycles. The summed E-state index contributed by atoms with van der Waals surface area (Å²) in [5.74, 6) is -0.181. The molecule has 1 aromatic carbocycles. The molecule has 0 atom stereocenters. The van der Waals surface area contributed by atoms with Crippen LogP contribution in [0, 0.1) is 0 Å². The van der Waals surface area contributed by atoms with Crippen LogP contribution < -0.4 is 10.6 Å². The number of nitrogens with one attached hydrogen (secondary N) is 2. The lowest BCUT2D eigenvalue weighted by atomic mass is 10.2. The number of carbonyl (C=O) groups is 1. The molecule has 20 heavy (non-hydrogen) atoms. The van der Waals surface area contributed by atoms with Crippen molar-refractivity contribution in [3.05, 3.63) is 29.8 Å². The normalized spacial score (nSPS) is 11.0. The third-order valence-electron chi connectivity index (χ3n) is 2.54. The number of halogens is 1. The van der Waals surface area contributed by atoms with Gasteiger partial charge in [0.05, 0.1) is 11.4 Å². The quantitative estimate of drug-likeness (QED) is 0.784. The zero-order chi connectivity index (χ0) is 14.5. The predicted molar refractivity (Wildman–Crippen MR) is 80.3 cm³/mol. The molecule has 0 bridgehead atoms. The number of nitrogens with zero attached hydrogens (tertiary/aromatic N) is 1. The van der Waals surface area contributed by atoms with Gasteiger partial charge in [-0.25, -0.2) is 12.7 Å². The van der Waals surface area contributed by atoms with Crippen LogP contribution in [-0.4, -0.2) is 46.3 Å². The van der Waals surface area contributed by atoms with Gasteiger partial charge in [0.1, 0.15) is 0 Å². The fourth-order valence-corrected chi connectivity index (χ4v) is 2.63. The fraction of sp³-hybridized carbons (Fsp3) is 0.417. The maximum atomic E-state index is 12.1. The second-order valence-electron chi connectivity index (χ2n) is 4.20. The van der Waals surface area contributed by atoms with E-state index in [0.29, 0.717) is 5.56 Å². The molecule has 0 aliphatic rings. The lowest BCUT2D eigenvalue weighted by Gasteiger charge is -2.15. The molecule has 1 rings (SSSR count). The van der Waals surface area contributed by atoms with Crippen molar-refractivity contribution in [2.45, 2.75) is 11.4 Å².